The first-order valence-corrected chi connectivity index (χ1v) is 7.64. The maximum absolute atomic E-state index is 11.9. The molecule has 114 valence electrons. The Hall–Kier alpha value is -2.32. The molecule has 0 spiro atoms. The number of ether oxygens (including phenoxy) is 1. The van der Waals surface area contributed by atoms with Crippen molar-refractivity contribution in [3.63, 3.8) is 0 Å². The molecule has 2 heterocycles. The highest BCUT2D eigenvalue weighted by molar-refractivity contribution is 7.14. The molecule has 1 aliphatic heterocycles. The minimum Gasteiger partial charge on any atom is -0.368 e. The summed E-state index contributed by atoms with van der Waals surface area (Å²) >= 11 is 1.31. The summed E-state index contributed by atoms with van der Waals surface area (Å²) in [7, 11) is 0. The number of aromatic nitrogens is 1. The predicted octanol–water partition coefficient (Wildman–Crippen LogP) is 2.84. The summed E-state index contributed by atoms with van der Waals surface area (Å²) in [6, 6.07) is 6.14. The fraction of sp³-hybridized carbons (Fsp3) is 0.286. The number of hydrogen-bond donors (Lipinski definition) is 1. The van der Waals surface area contributed by atoms with Gasteiger partial charge in [-0.25, -0.2) is 4.98 Å². The Balaban J connectivity index is 1.70. The topological polar surface area (TPSA) is 94.4 Å². The number of benzene rings is 1. The molecule has 8 heteroatoms. The van der Waals surface area contributed by atoms with Gasteiger partial charge >= 0.3 is 0 Å². The molecule has 0 radical (unpaired) electrons. The fourth-order valence-corrected chi connectivity index (χ4v) is 2.91. The van der Waals surface area contributed by atoms with Gasteiger partial charge in [-0.05, 0) is 25.0 Å². The molecular weight excluding hydrogens is 306 g/mol. The Morgan fingerprint density at radius 1 is 1.41 bits per heavy atom. The van der Waals surface area contributed by atoms with E-state index in [-0.39, 0.29) is 11.6 Å². The van der Waals surface area contributed by atoms with Crippen molar-refractivity contribution in [1.29, 1.82) is 0 Å². The molecule has 0 saturated carbocycles. The zero-order chi connectivity index (χ0) is 15.5. The molecule has 1 saturated heterocycles. The van der Waals surface area contributed by atoms with Crippen LogP contribution in [0.3, 0.4) is 0 Å². The first-order valence-electron chi connectivity index (χ1n) is 6.76. The summed E-state index contributed by atoms with van der Waals surface area (Å²) in [4.78, 5) is 26.4. The third-order valence-corrected chi connectivity index (χ3v) is 4.09. The average molecular weight is 319 g/mol. The van der Waals surface area contributed by atoms with Crippen LogP contribution in [0.1, 0.15) is 12.8 Å². The van der Waals surface area contributed by atoms with E-state index in [4.69, 9.17) is 4.74 Å². The standard InChI is InChI=1S/C14H13N3O4S/c18-13(12-2-1-7-21-12)16-14-15-11(8-22-14)9-3-5-10(6-4-9)17(19)20/h3-6,8,12H,1-2,7H2,(H,15,16,18)/t12-/m1/s1. The van der Waals surface area contributed by atoms with Crippen molar-refractivity contribution in [3.05, 3.63) is 39.8 Å². The minimum atomic E-state index is -0.446. The Bertz CT molecular complexity index is 692. The number of anilines is 1. The molecule has 0 aliphatic carbocycles. The molecule has 1 aromatic heterocycles. The van der Waals surface area contributed by atoms with Crippen LogP contribution in [0.25, 0.3) is 11.3 Å². The molecule has 0 bridgehead atoms. The van der Waals surface area contributed by atoms with Crippen molar-refractivity contribution >= 4 is 28.1 Å². The highest BCUT2D eigenvalue weighted by Crippen LogP contribution is 2.27. The van der Waals surface area contributed by atoms with Gasteiger partial charge in [0.05, 0.1) is 10.6 Å². The van der Waals surface area contributed by atoms with Crippen LogP contribution >= 0.6 is 11.3 Å². The molecule has 1 aromatic carbocycles. The fourth-order valence-electron chi connectivity index (χ4n) is 2.19. The predicted molar refractivity (Wildman–Crippen MR) is 81.8 cm³/mol. The van der Waals surface area contributed by atoms with E-state index in [1.54, 1.807) is 17.5 Å². The molecule has 1 fully saturated rings. The quantitative estimate of drug-likeness (QED) is 0.690. The molecule has 22 heavy (non-hydrogen) atoms. The summed E-state index contributed by atoms with van der Waals surface area (Å²) in [5, 5.41) is 15.7. The lowest BCUT2D eigenvalue weighted by molar-refractivity contribution is -0.384. The third kappa shape index (κ3) is 3.12. The van der Waals surface area contributed by atoms with Crippen molar-refractivity contribution < 1.29 is 14.5 Å². The Morgan fingerprint density at radius 2 is 2.18 bits per heavy atom. The van der Waals surface area contributed by atoms with Crippen molar-refractivity contribution in [2.24, 2.45) is 0 Å². The Kier molecular flexibility index (Phi) is 4.12. The summed E-state index contributed by atoms with van der Waals surface area (Å²) in [6.45, 7) is 0.615. The van der Waals surface area contributed by atoms with E-state index in [2.05, 4.69) is 10.3 Å². The largest absolute Gasteiger partial charge is 0.368 e. The van der Waals surface area contributed by atoms with Crippen LogP contribution in [-0.4, -0.2) is 28.5 Å². The zero-order valence-corrected chi connectivity index (χ0v) is 12.3. The normalized spacial score (nSPS) is 17.4. The van der Waals surface area contributed by atoms with E-state index in [1.807, 2.05) is 0 Å². The van der Waals surface area contributed by atoms with Crippen molar-refractivity contribution in [1.82, 2.24) is 4.98 Å². The van der Waals surface area contributed by atoms with Crippen LogP contribution in [-0.2, 0) is 9.53 Å². The van der Waals surface area contributed by atoms with Gasteiger partial charge in [-0.3, -0.25) is 20.2 Å². The average Bonchev–Trinajstić information content (AvgIpc) is 3.19. The summed E-state index contributed by atoms with van der Waals surface area (Å²) in [6.07, 6.45) is 1.22. The van der Waals surface area contributed by atoms with Gasteiger partial charge in [0.2, 0.25) is 0 Å². The maximum Gasteiger partial charge on any atom is 0.269 e. The van der Waals surface area contributed by atoms with Crippen LogP contribution in [0, 0.1) is 10.1 Å². The molecule has 0 unspecified atom stereocenters. The van der Waals surface area contributed by atoms with Gasteiger partial charge < -0.3 is 4.74 Å². The second kappa shape index (κ2) is 6.20. The van der Waals surface area contributed by atoms with Crippen molar-refractivity contribution in [3.8, 4) is 11.3 Å². The number of nitro groups is 1. The number of nitrogens with one attached hydrogen (secondary N) is 1. The zero-order valence-electron chi connectivity index (χ0n) is 11.5. The van der Waals surface area contributed by atoms with Gasteiger partial charge in [-0.15, -0.1) is 11.3 Å². The van der Waals surface area contributed by atoms with E-state index < -0.39 is 11.0 Å². The first-order chi connectivity index (χ1) is 10.6. The van der Waals surface area contributed by atoms with Crippen LogP contribution in [0.5, 0.6) is 0 Å². The van der Waals surface area contributed by atoms with Crippen LogP contribution in [0.4, 0.5) is 10.8 Å². The number of nitro benzene ring substituents is 1. The van der Waals surface area contributed by atoms with Crippen molar-refractivity contribution in [2.75, 3.05) is 11.9 Å². The van der Waals surface area contributed by atoms with Gasteiger partial charge in [-0.2, -0.15) is 0 Å². The lowest BCUT2D eigenvalue weighted by atomic mass is 10.1. The number of carbonyl (C=O) groups is 1. The van der Waals surface area contributed by atoms with E-state index in [0.29, 0.717) is 17.4 Å². The monoisotopic (exact) mass is 319 g/mol. The molecule has 1 N–H and O–H groups in total. The summed E-state index contributed by atoms with van der Waals surface area (Å²) < 4.78 is 5.31. The molecule has 2 aromatic rings. The molecule has 3 rings (SSSR count). The van der Waals surface area contributed by atoms with Crippen LogP contribution < -0.4 is 5.32 Å². The van der Waals surface area contributed by atoms with Crippen LogP contribution in [0.15, 0.2) is 29.6 Å². The molecule has 1 atom stereocenters. The van der Waals surface area contributed by atoms with Crippen molar-refractivity contribution in [2.45, 2.75) is 18.9 Å². The maximum atomic E-state index is 11.9. The highest BCUT2D eigenvalue weighted by atomic mass is 32.1. The highest BCUT2D eigenvalue weighted by Gasteiger charge is 2.24. The van der Waals surface area contributed by atoms with E-state index in [0.717, 1.165) is 18.4 Å². The summed E-state index contributed by atoms with van der Waals surface area (Å²) in [5.41, 5.74) is 1.47. The van der Waals surface area contributed by atoms with Gasteiger partial charge in [-0.1, -0.05) is 0 Å². The second-order valence-electron chi connectivity index (χ2n) is 4.83. The first kappa shape index (κ1) is 14.6. The van der Waals surface area contributed by atoms with E-state index in [9.17, 15) is 14.9 Å². The Morgan fingerprint density at radius 3 is 2.82 bits per heavy atom. The number of nitrogens with zero attached hydrogens (tertiary/aromatic N) is 2. The molecule has 1 aliphatic rings. The number of non-ortho nitro benzene ring substituents is 1. The smallest absolute Gasteiger partial charge is 0.269 e. The number of thiazole rings is 1. The Labute approximate surface area is 130 Å². The lowest BCUT2D eigenvalue weighted by Crippen LogP contribution is -2.26. The molecule has 1 amide bonds. The van der Waals surface area contributed by atoms with E-state index in [1.165, 1.54) is 23.5 Å². The number of carbonyl (C=O) groups excluding carboxylic acids is 1. The number of hydrogen-bond acceptors (Lipinski definition) is 6. The number of amides is 1. The van der Waals surface area contributed by atoms with Gasteiger partial charge in [0.15, 0.2) is 5.13 Å². The van der Waals surface area contributed by atoms with Crippen LogP contribution in [0.2, 0.25) is 0 Å². The number of rotatable bonds is 4. The minimum absolute atomic E-state index is 0.0332. The second-order valence-corrected chi connectivity index (χ2v) is 5.69. The lowest BCUT2D eigenvalue weighted by Gasteiger charge is -2.07. The van der Waals surface area contributed by atoms with Gasteiger partial charge in [0, 0.05) is 29.7 Å². The van der Waals surface area contributed by atoms with Gasteiger partial charge in [0.25, 0.3) is 11.6 Å². The van der Waals surface area contributed by atoms with E-state index >= 15 is 0 Å². The molecule has 7 nitrogen and oxygen atoms in total. The SMILES string of the molecule is O=C(Nc1nc(-c2ccc([N+](=O)[O-])cc2)cs1)[C@H]1CCCO1. The van der Waals surface area contributed by atoms with Gasteiger partial charge in [0.1, 0.15) is 6.10 Å². The third-order valence-electron chi connectivity index (χ3n) is 3.33. The summed E-state index contributed by atoms with van der Waals surface area (Å²) in [5.74, 6) is -0.179. The molecular formula is C14H13N3O4S.